The molecule has 0 atom stereocenters. The predicted molar refractivity (Wildman–Crippen MR) is 20.2 cm³/mol. The number of aliphatic hydroxyl groups is 3. The molecule has 0 saturated heterocycles. The third-order valence-electron chi connectivity index (χ3n) is 0.185. The highest BCUT2D eigenvalue weighted by molar-refractivity contribution is 4.43. The molecule has 6 heavy (non-hydrogen) atoms. The molecule has 0 radical (unpaired) electrons. The van der Waals surface area contributed by atoms with Crippen LogP contribution in [0.25, 0.3) is 0 Å². The lowest BCUT2D eigenvalue weighted by Crippen LogP contribution is -2.15. The Hall–Kier alpha value is -0.120. The summed E-state index contributed by atoms with van der Waals surface area (Å²) >= 11 is 0. The fourth-order valence-electron chi connectivity index (χ4n) is 0.0208. The molecule has 0 saturated carbocycles. The Morgan fingerprint density at radius 3 is 2.83 bits per heavy atom. The minimum Gasteiger partial charge on any atom is -0.394 e. The summed E-state index contributed by atoms with van der Waals surface area (Å²) in [4.78, 5) is 0. The molecule has 3 heteroatoms. The summed E-state index contributed by atoms with van der Waals surface area (Å²) in [5, 5.41) is 10.4. The Balaban J connectivity index is 5.18. The average molecular weight is 103 g/mol. The summed E-state index contributed by atoms with van der Waals surface area (Å²) in [5.41, 5.74) is 0. The van der Waals surface area contributed by atoms with E-state index in [0.29, 0.717) is 0 Å². The zero-order valence-corrected chi connectivity index (χ0v) is 2.72. The fourth-order valence-corrected chi connectivity index (χ4v) is 0.0208. The molecule has 0 aromatic rings. The van der Waals surface area contributed by atoms with Crippen molar-refractivity contribution in [3.63, 3.8) is 0 Å². The van der Waals surface area contributed by atoms with E-state index in [0.717, 1.165) is 0 Å². The quantitative estimate of drug-likeness (QED) is 0.365. The van der Waals surface area contributed by atoms with Gasteiger partial charge in [0.25, 0.3) is 0 Å². The lowest BCUT2D eigenvalue weighted by Gasteiger charge is -1.96. The van der Waals surface area contributed by atoms with E-state index in [-0.39, 0.29) is 0 Å². The smallest absolute Gasteiger partial charge is 0.211 e. The fraction of sp³-hybridized carbons (Fsp3) is 1.00. The molecule has 0 unspecified atom stereocenters. The normalized spacial score (nSPS) is 35.3. The van der Waals surface area contributed by atoms with Crippen molar-refractivity contribution >= 4 is 0 Å². The van der Waals surface area contributed by atoms with Gasteiger partial charge in [0.05, 0.1) is 20.0 Å². The first-order valence-electron chi connectivity index (χ1n) is 4.84. The van der Waals surface area contributed by atoms with Crippen LogP contribution >= 0.6 is 0 Å². The van der Waals surface area contributed by atoms with Crippen LogP contribution in [0.2, 0.25) is 0 Å². The molecule has 0 heterocycles. The monoisotopic (exact) mass is 103 g/mol. The van der Waals surface area contributed by atoms with E-state index in [1.54, 1.807) is 0 Å². The van der Waals surface area contributed by atoms with Gasteiger partial charge in [-0.25, -0.2) is 0 Å². The molecule has 38 valence electrons. The molecule has 0 aromatic carbocycles. The molecule has 0 rings (SSSR count). The number of rotatable bonds is 5. The predicted octanol–water partition coefficient (Wildman–Crippen LogP) is -1.67. The first-order valence-corrected chi connectivity index (χ1v) is 1.11. The molecule has 0 bridgehead atoms. The maximum atomic E-state index is 7.12. The maximum absolute atomic E-state index is 7.12. The van der Waals surface area contributed by atoms with Crippen LogP contribution in [0.15, 0.2) is 0 Å². The zero-order valence-electron chi connectivity index (χ0n) is 10.7. The van der Waals surface area contributed by atoms with Gasteiger partial charge < -0.3 is 15.3 Å². The van der Waals surface area contributed by atoms with E-state index in [4.69, 9.17) is 11.1 Å². The van der Waals surface area contributed by atoms with Crippen molar-refractivity contribution in [2.24, 2.45) is 0 Å². The second-order valence-electron chi connectivity index (χ2n) is 0.533. The molecular formula is C3H8O3. The third-order valence-corrected chi connectivity index (χ3v) is 0.185. The summed E-state index contributed by atoms with van der Waals surface area (Å²) in [6.45, 7) is -6.53. The lowest BCUT2D eigenvalue weighted by molar-refractivity contribution is 0.0450. The highest BCUT2D eigenvalue weighted by atomic mass is 16.5. The van der Waals surface area contributed by atoms with Gasteiger partial charge in [0.1, 0.15) is 6.08 Å². The van der Waals surface area contributed by atoms with Gasteiger partial charge in [-0.2, -0.15) is 0 Å². The van der Waals surface area contributed by atoms with Crippen LogP contribution in [0.1, 0.15) is 6.85 Å². The zero-order chi connectivity index (χ0) is 11.6. The second-order valence-corrected chi connectivity index (χ2v) is 0.533. The third kappa shape index (κ3) is 2.14. The lowest BCUT2D eigenvalue weighted by atomic mass is 11.4. The topological polar surface area (TPSA) is 60.7 Å². The standard InChI is InChI=1S/C3H8O3/c4-1-3(6)2-5/h3-6H,1-2H2/i1+1D2,2+1D2,3+1D,4D,5D,6D. The van der Waals surface area contributed by atoms with E-state index in [9.17, 15) is 0 Å². The first-order chi connectivity index (χ1) is 6.18. The van der Waals surface area contributed by atoms with Gasteiger partial charge in [0, 0.05) is 0 Å². The van der Waals surface area contributed by atoms with Crippen molar-refractivity contribution in [1.82, 2.24) is 0 Å². The summed E-state index contributed by atoms with van der Waals surface area (Å²) in [5.74, 6) is 0. The van der Waals surface area contributed by atoms with Crippen molar-refractivity contribution in [2.75, 3.05) is 13.1 Å². The van der Waals surface area contributed by atoms with Crippen LogP contribution < -0.4 is 0 Å². The van der Waals surface area contributed by atoms with E-state index in [2.05, 4.69) is 15.3 Å². The van der Waals surface area contributed by atoms with E-state index < -0.39 is 19.2 Å². The molecule has 0 fully saturated rings. The Morgan fingerprint density at radius 1 is 1.83 bits per heavy atom. The minimum atomic E-state index is -3.30. The maximum Gasteiger partial charge on any atom is 0.211 e. The molecule has 0 aromatic heterocycles. The molecular weight excluding hydrogens is 87.0 g/mol. The Morgan fingerprint density at radius 2 is 2.50 bits per heavy atom. The molecule has 3 nitrogen and oxygen atoms in total. The Labute approximate surface area is 47.4 Å². The molecule has 0 aliphatic rings. The molecule has 0 aliphatic carbocycles. The van der Waals surface area contributed by atoms with Crippen molar-refractivity contribution in [1.29, 1.82) is 4.29 Å². The van der Waals surface area contributed by atoms with Gasteiger partial charge in [-0.3, -0.25) is 0 Å². The minimum absolute atomic E-state index is 3.26. The molecule has 0 amide bonds. The highest BCUT2D eigenvalue weighted by Gasteiger charge is 1.93. The van der Waals surface area contributed by atoms with Gasteiger partial charge >= 0.3 is 0 Å². The molecule has 3 N–H and O–H groups in total. The van der Waals surface area contributed by atoms with Gasteiger partial charge in [0.15, 0.2) is 0 Å². The van der Waals surface area contributed by atoms with Crippen LogP contribution in [0.4, 0.5) is 0 Å². The Kier molecular flexibility index (Phi) is 0.434. The van der Waals surface area contributed by atoms with E-state index in [1.165, 1.54) is 0 Å². The van der Waals surface area contributed by atoms with Crippen LogP contribution in [0, 0.1) is 0 Å². The summed E-state index contributed by atoms with van der Waals surface area (Å²) in [6, 6.07) is 0. The van der Waals surface area contributed by atoms with Gasteiger partial charge in [-0.1, -0.05) is 0 Å². The number of hydrogen-bond donors (Lipinski definition) is 3. The SMILES string of the molecule is [2H]O[13C]([2H])([2H])[13C]([2H])(O[2H])[13C]([2H])([2H])O[2H]. The Bertz CT molecular complexity index is 178. The van der Waals surface area contributed by atoms with Crippen molar-refractivity contribution in [3.8, 4) is 0 Å². The van der Waals surface area contributed by atoms with Crippen molar-refractivity contribution in [2.45, 2.75) is 6.08 Å². The van der Waals surface area contributed by atoms with Gasteiger partial charge in [0.2, 0.25) is 4.29 Å². The average Bonchev–Trinajstić information content (AvgIpc) is 2.15. The summed E-state index contributed by atoms with van der Waals surface area (Å²) in [7, 11) is 0. The van der Waals surface area contributed by atoms with Crippen LogP contribution in [-0.2, 0) is 0 Å². The molecule has 0 aliphatic heterocycles. The number of hydrogen-bond acceptors (Lipinski definition) is 3. The van der Waals surface area contributed by atoms with Crippen molar-refractivity contribution in [3.05, 3.63) is 0 Å². The second kappa shape index (κ2) is 3.08. The highest BCUT2D eigenvalue weighted by Crippen LogP contribution is 1.71. The largest absolute Gasteiger partial charge is 0.394 e. The van der Waals surface area contributed by atoms with Crippen LogP contribution in [0.3, 0.4) is 0 Å². The van der Waals surface area contributed by atoms with Crippen molar-refractivity contribution < 1.29 is 22.2 Å². The molecule has 0 spiro atoms. The summed E-state index contributed by atoms with van der Waals surface area (Å²) < 4.78 is 53.7. The van der Waals surface area contributed by atoms with E-state index in [1.807, 2.05) is 0 Å². The summed E-state index contributed by atoms with van der Waals surface area (Å²) in [6.07, 6.45) is -3.30. The van der Waals surface area contributed by atoms with Crippen LogP contribution in [0.5, 0.6) is 0 Å². The first kappa shape index (κ1) is 0.844. The van der Waals surface area contributed by atoms with E-state index >= 15 is 0 Å². The van der Waals surface area contributed by atoms with Crippen LogP contribution in [-0.4, -0.2) is 38.8 Å². The van der Waals surface area contributed by atoms with Gasteiger partial charge in [-0.05, 0) is 0 Å². The van der Waals surface area contributed by atoms with Gasteiger partial charge in [-0.15, -0.1) is 0 Å².